The van der Waals surface area contributed by atoms with Crippen LogP contribution in [0.5, 0.6) is 0 Å². The number of benzene rings is 1. The maximum Gasteiger partial charge on any atom is 0.310 e. The van der Waals surface area contributed by atoms with E-state index in [0.29, 0.717) is 42.8 Å². The van der Waals surface area contributed by atoms with Crippen molar-refractivity contribution in [2.45, 2.75) is 104 Å². The quantitative estimate of drug-likeness (QED) is 0.359. The van der Waals surface area contributed by atoms with Gasteiger partial charge in [0.15, 0.2) is 0 Å². The number of hydrogen-bond donors (Lipinski definition) is 3. The van der Waals surface area contributed by atoms with E-state index in [1.165, 1.54) is 30.0 Å². The van der Waals surface area contributed by atoms with Crippen molar-refractivity contribution >= 4 is 46.9 Å². The van der Waals surface area contributed by atoms with Crippen molar-refractivity contribution in [3.63, 3.8) is 0 Å². The fraction of sp³-hybridized carbons (Fsp3) is 0.645. The van der Waals surface area contributed by atoms with E-state index in [2.05, 4.69) is 36.7 Å². The van der Waals surface area contributed by atoms with Crippen molar-refractivity contribution < 1.29 is 33.4 Å². The predicted octanol–water partition coefficient (Wildman–Crippen LogP) is 3.64. The van der Waals surface area contributed by atoms with Crippen molar-refractivity contribution in [1.82, 2.24) is 15.5 Å². The number of amides is 4. The summed E-state index contributed by atoms with van der Waals surface area (Å²) in [4.78, 5) is 64.7. The SMILES string of the molecule is CC(=O)Nc1ccc(C(=O)N[C@@H](C)C(=O)N2CCC[C@H]2C(=O)NC2CC(=O)OC2O[C@H]2C[C@@H](C)CC[C@@H]2C(C)C)cc1Cl. The van der Waals surface area contributed by atoms with E-state index in [0.717, 1.165) is 19.3 Å². The van der Waals surface area contributed by atoms with Gasteiger partial charge in [0.1, 0.15) is 18.1 Å². The minimum absolute atomic E-state index is 0.00143. The summed E-state index contributed by atoms with van der Waals surface area (Å²) in [5.41, 5.74) is 0.592. The smallest absolute Gasteiger partial charge is 0.310 e. The molecule has 43 heavy (non-hydrogen) atoms. The number of hydrogen-bond acceptors (Lipinski definition) is 7. The molecule has 4 amide bonds. The minimum atomic E-state index is -0.913. The number of nitrogens with one attached hydrogen (secondary N) is 3. The molecule has 2 heterocycles. The molecule has 7 atom stereocenters. The van der Waals surface area contributed by atoms with Crippen LogP contribution in [0.15, 0.2) is 18.2 Å². The monoisotopic (exact) mass is 618 g/mol. The number of nitrogens with zero attached hydrogens (tertiary/aromatic N) is 1. The van der Waals surface area contributed by atoms with Crippen LogP contribution in [0.2, 0.25) is 5.02 Å². The Morgan fingerprint density at radius 1 is 1.12 bits per heavy atom. The van der Waals surface area contributed by atoms with Gasteiger partial charge in [-0.1, -0.05) is 38.8 Å². The minimum Gasteiger partial charge on any atom is -0.433 e. The van der Waals surface area contributed by atoms with E-state index in [1.807, 2.05) is 0 Å². The Labute approximate surface area is 257 Å². The van der Waals surface area contributed by atoms with E-state index in [9.17, 15) is 24.0 Å². The lowest BCUT2D eigenvalue weighted by Gasteiger charge is -2.39. The van der Waals surface area contributed by atoms with Crippen LogP contribution in [0.1, 0.15) is 83.5 Å². The molecule has 0 spiro atoms. The van der Waals surface area contributed by atoms with Gasteiger partial charge in [0.2, 0.25) is 24.0 Å². The van der Waals surface area contributed by atoms with Crippen LogP contribution in [-0.4, -0.2) is 71.6 Å². The number of cyclic esters (lactones) is 1. The lowest BCUT2D eigenvalue weighted by atomic mass is 9.75. The highest BCUT2D eigenvalue weighted by Crippen LogP contribution is 2.37. The Kier molecular flexibility index (Phi) is 10.7. The van der Waals surface area contributed by atoms with Gasteiger partial charge in [0.25, 0.3) is 5.91 Å². The number of anilines is 1. The first kappa shape index (κ1) is 32.7. The normalized spacial score (nSPS) is 27.9. The van der Waals surface area contributed by atoms with Crippen molar-refractivity contribution in [3.05, 3.63) is 28.8 Å². The predicted molar refractivity (Wildman–Crippen MR) is 160 cm³/mol. The Bertz CT molecular complexity index is 1240. The molecule has 4 rings (SSSR count). The van der Waals surface area contributed by atoms with Crippen LogP contribution in [0.25, 0.3) is 0 Å². The number of likely N-dealkylation sites (tertiary alicyclic amines) is 1. The third-order valence-corrected chi connectivity index (χ3v) is 8.97. The second-order valence-corrected chi connectivity index (χ2v) is 12.8. The van der Waals surface area contributed by atoms with Crippen LogP contribution in [0.3, 0.4) is 0 Å². The zero-order valence-electron chi connectivity index (χ0n) is 25.5. The van der Waals surface area contributed by atoms with E-state index in [-0.39, 0.29) is 34.9 Å². The zero-order chi connectivity index (χ0) is 31.4. The van der Waals surface area contributed by atoms with Crippen LogP contribution in [0.4, 0.5) is 5.69 Å². The van der Waals surface area contributed by atoms with Crippen molar-refractivity contribution in [2.24, 2.45) is 17.8 Å². The first-order valence-corrected chi connectivity index (χ1v) is 15.6. The fourth-order valence-corrected chi connectivity index (χ4v) is 6.57. The number of ether oxygens (including phenoxy) is 2. The first-order valence-electron chi connectivity index (χ1n) is 15.2. The lowest BCUT2D eigenvalue weighted by Crippen LogP contribution is -2.55. The molecule has 1 aromatic carbocycles. The number of carbonyl (C=O) groups is 5. The second kappa shape index (κ2) is 14.1. The summed E-state index contributed by atoms with van der Waals surface area (Å²) >= 11 is 6.19. The van der Waals surface area contributed by atoms with E-state index in [4.69, 9.17) is 21.1 Å². The largest absolute Gasteiger partial charge is 0.433 e. The molecule has 1 saturated carbocycles. The molecule has 12 heteroatoms. The maximum atomic E-state index is 13.4. The van der Waals surface area contributed by atoms with E-state index < -0.39 is 42.2 Å². The van der Waals surface area contributed by atoms with Crippen LogP contribution in [0, 0.1) is 17.8 Å². The van der Waals surface area contributed by atoms with Crippen molar-refractivity contribution in [2.75, 3.05) is 11.9 Å². The highest BCUT2D eigenvalue weighted by molar-refractivity contribution is 6.34. The summed E-state index contributed by atoms with van der Waals surface area (Å²) in [7, 11) is 0. The van der Waals surface area contributed by atoms with Gasteiger partial charge in [-0.3, -0.25) is 24.0 Å². The lowest BCUT2D eigenvalue weighted by molar-refractivity contribution is -0.191. The number of rotatable bonds is 9. The summed E-state index contributed by atoms with van der Waals surface area (Å²) < 4.78 is 11.9. The molecule has 0 radical (unpaired) electrons. The van der Waals surface area contributed by atoms with Gasteiger partial charge >= 0.3 is 5.97 Å². The number of esters is 1. The molecule has 3 aliphatic rings. The van der Waals surface area contributed by atoms with Crippen molar-refractivity contribution in [1.29, 1.82) is 0 Å². The summed E-state index contributed by atoms with van der Waals surface area (Å²) in [6, 6.07) is 2.11. The maximum absolute atomic E-state index is 13.4. The molecule has 2 aliphatic heterocycles. The Hall–Kier alpha value is -3.18. The van der Waals surface area contributed by atoms with Crippen molar-refractivity contribution in [3.8, 4) is 0 Å². The third-order valence-electron chi connectivity index (χ3n) is 8.66. The third kappa shape index (κ3) is 8.06. The zero-order valence-corrected chi connectivity index (χ0v) is 26.2. The molecule has 2 unspecified atom stereocenters. The summed E-state index contributed by atoms with van der Waals surface area (Å²) in [6.45, 7) is 9.81. The Morgan fingerprint density at radius 2 is 1.86 bits per heavy atom. The highest BCUT2D eigenvalue weighted by atomic mass is 35.5. The fourth-order valence-electron chi connectivity index (χ4n) is 6.34. The molecule has 236 valence electrons. The van der Waals surface area contributed by atoms with Gasteiger partial charge in [0.05, 0.1) is 23.2 Å². The standard InChI is InChI=1S/C31H43ClN4O7/c1-16(2)21-10-8-17(3)13-26(21)42-31-24(15-27(38)43-31)35-29(40)25-7-6-12-36(25)30(41)18(4)33-28(39)20-9-11-23(22(32)14-20)34-19(5)37/h9,11,14,16-18,21,24-26,31H,6-8,10,12-13,15H2,1-5H3,(H,33,39)(H,34,37)(H,35,40)/t17-,18-,21+,24?,25-,26-,31?/m0/s1. The van der Waals surface area contributed by atoms with Gasteiger partial charge in [0, 0.05) is 19.0 Å². The summed E-state index contributed by atoms with van der Waals surface area (Å²) in [5, 5.41) is 8.36. The van der Waals surface area contributed by atoms with Gasteiger partial charge in [-0.15, -0.1) is 0 Å². The number of halogens is 1. The van der Waals surface area contributed by atoms with E-state index >= 15 is 0 Å². The molecule has 3 fully saturated rings. The molecule has 0 bridgehead atoms. The molecule has 1 aliphatic carbocycles. The molecular weight excluding hydrogens is 576 g/mol. The summed E-state index contributed by atoms with van der Waals surface area (Å²) in [5.74, 6) is -0.742. The van der Waals surface area contributed by atoms with Crippen LogP contribution < -0.4 is 16.0 Å². The van der Waals surface area contributed by atoms with Gasteiger partial charge in [-0.05, 0) is 68.6 Å². The van der Waals surface area contributed by atoms with Crippen LogP contribution >= 0.6 is 11.6 Å². The molecule has 2 saturated heterocycles. The second-order valence-electron chi connectivity index (χ2n) is 12.4. The topological polar surface area (TPSA) is 143 Å². The molecule has 3 N–H and O–H groups in total. The molecule has 0 aromatic heterocycles. The average Bonchev–Trinajstić information content (AvgIpc) is 3.55. The van der Waals surface area contributed by atoms with Gasteiger partial charge in [-0.2, -0.15) is 0 Å². The van der Waals surface area contributed by atoms with Gasteiger partial charge < -0.3 is 30.3 Å². The first-order chi connectivity index (χ1) is 20.3. The highest BCUT2D eigenvalue weighted by Gasteiger charge is 2.44. The Morgan fingerprint density at radius 3 is 2.53 bits per heavy atom. The average molecular weight is 619 g/mol. The van der Waals surface area contributed by atoms with Crippen LogP contribution in [-0.2, 0) is 28.7 Å². The molecule has 1 aromatic rings. The number of carbonyl (C=O) groups excluding carboxylic acids is 5. The molecule has 11 nitrogen and oxygen atoms in total. The van der Waals surface area contributed by atoms with Gasteiger partial charge in [-0.25, -0.2) is 0 Å². The molecular formula is C31H43ClN4O7. The summed E-state index contributed by atoms with van der Waals surface area (Å²) in [6.07, 6.45) is 3.20. The van der Waals surface area contributed by atoms with E-state index in [1.54, 1.807) is 6.92 Å². The Balaban J connectivity index is 1.36.